The Kier molecular flexibility index (Phi) is 7.44. The van der Waals surface area contributed by atoms with Crippen LogP contribution in [-0.4, -0.2) is 19.1 Å². The molecule has 5 heteroatoms. The third-order valence-corrected chi connectivity index (χ3v) is 13.5. The molecule has 0 unspecified atom stereocenters. The SMILES string of the molecule is c1ccc(-c2nc(-n3c4ccccc4c4cc(-c5ccc6sc7cccc(-c8ccc9c(c8)c8ccccc8n9-c8ccccc8)c7c6c5)ccc43)c3ccccc3n2)cc1. The van der Waals surface area contributed by atoms with E-state index in [1.54, 1.807) is 0 Å². The van der Waals surface area contributed by atoms with Crippen molar-refractivity contribution in [3.8, 4) is 45.1 Å². The first-order chi connectivity index (χ1) is 30.2. The Morgan fingerprint density at radius 2 is 0.918 bits per heavy atom. The predicted molar refractivity (Wildman–Crippen MR) is 257 cm³/mol. The minimum atomic E-state index is 0.714. The van der Waals surface area contributed by atoms with Crippen molar-refractivity contribution < 1.29 is 0 Å². The number of hydrogen-bond acceptors (Lipinski definition) is 3. The summed E-state index contributed by atoms with van der Waals surface area (Å²) in [7, 11) is 0. The van der Waals surface area contributed by atoms with Crippen LogP contribution >= 0.6 is 11.3 Å². The maximum absolute atomic E-state index is 5.28. The molecule has 0 aliphatic heterocycles. The van der Waals surface area contributed by atoms with Crippen LogP contribution in [0.4, 0.5) is 0 Å². The number of benzene rings is 9. The molecule has 0 radical (unpaired) electrons. The summed E-state index contributed by atoms with van der Waals surface area (Å²) in [6.07, 6.45) is 0. The number of thiophene rings is 1. The van der Waals surface area contributed by atoms with Gasteiger partial charge in [0.15, 0.2) is 5.82 Å². The molecule has 9 aromatic carbocycles. The molecular weight excluding hydrogens is 761 g/mol. The molecule has 0 atom stereocenters. The maximum Gasteiger partial charge on any atom is 0.162 e. The fraction of sp³-hybridized carbons (Fsp3) is 0. The Balaban J connectivity index is 0.977. The van der Waals surface area contributed by atoms with Gasteiger partial charge in [-0.15, -0.1) is 11.3 Å². The van der Waals surface area contributed by atoms with E-state index in [-0.39, 0.29) is 0 Å². The van der Waals surface area contributed by atoms with Gasteiger partial charge in [-0.1, -0.05) is 127 Å². The van der Waals surface area contributed by atoms with Crippen molar-refractivity contribution in [2.24, 2.45) is 0 Å². The number of aromatic nitrogens is 4. The fourth-order valence-electron chi connectivity index (χ4n) is 9.57. The molecule has 13 rings (SSSR count). The maximum atomic E-state index is 5.28. The van der Waals surface area contributed by atoms with Crippen LogP contribution in [0.2, 0.25) is 0 Å². The van der Waals surface area contributed by atoms with Crippen LogP contribution in [0.1, 0.15) is 0 Å². The standard InChI is InChI=1S/C56H34N4S/c1-3-14-35(15-4-1)55-57-47-22-10-7-20-43(47)56(58-55)60-49-24-12-9-19-42(49)44-32-36(26-29-51(44)60)37-28-31-52-46(33-37)54-40(21-13-25-53(54)61-52)38-27-30-50-45(34-38)41-18-8-11-23-48(41)59(50)39-16-5-2-6-17-39/h1-34H. The van der Waals surface area contributed by atoms with E-state index in [4.69, 9.17) is 9.97 Å². The highest BCUT2D eigenvalue weighted by molar-refractivity contribution is 7.26. The fourth-order valence-corrected chi connectivity index (χ4v) is 10.7. The summed E-state index contributed by atoms with van der Waals surface area (Å²) in [5, 5.41) is 8.50. The smallest absolute Gasteiger partial charge is 0.162 e. The van der Waals surface area contributed by atoms with Gasteiger partial charge in [-0.25, -0.2) is 9.97 Å². The van der Waals surface area contributed by atoms with E-state index in [1.807, 2.05) is 35.6 Å². The number of fused-ring (bicyclic) bond motifs is 10. The van der Waals surface area contributed by atoms with Crippen LogP contribution < -0.4 is 0 Å². The summed E-state index contributed by atoms with van der Waals surface area (Å²) in [6, 6.07) is 74.4. The third kappa shape index (κ3) is 5.24. The average Bonchev–Trinajstić information content (AvgIpc) is 3.99. The normalized spacial score (nSPS) is 11.9. The summed E-state index contributed by atoms with van der Waals surface area (Å²) < 4.78 is 7.28. The highest BCUT2D eigenvalue weighted by Crippen LogP contribution is 2.44. The zero-order valence-electron chi connectivity index (χ0n) is 32.8. The predicted octanol–water partition coefficient (Wildman–Crippen LogP) is 15.2. The first kappa shape index (κ1) is 34.0. The molecule has 0 fully saturated rings. The van der Waals surface area contributed by atoms with Gasteiger partial charge >= 0.3 is 0 Å². The Morgan fingerprint density at radius 3 is 1.69 bits per heavy atom. The van der Waals surface area contributed by atoms with Crippen LogP contribution in [0.5, 0.6) is 0 Å². The Hall–Kier alpha value is -7.86. The topological polar surface area (TPSA) is 35.6 Å². The van der Waals surface area contributed by atoms with Crippen molar-refractivity contribution in [3.63, 3.8) is 0 Å². The highest BCUT2D eigenvalue weighted by atomic mass is 32.1. The quantitative estimate of drug-likeness (QED) is 0.174. The van der Waals surface area contributed by atoms with Crippen molar-refractivity contribution >= 4 is 86.0 Å². The zero-order chi connectivity index (χ0) is 40.0. The molecule has 13 aromatic rings. The van der Waals surface area contributed by atoms with E-state index in [0.29, 0.717) is 5.82 Å². The Bertz CT molecular complexity index is 3880. The van der Waals surface area contributed by atoms with Crippen LogP contribution in [-0.2, 0) is 0 Å². The first-order valence-corrected chi connectivity index (χ1v) is 21.5. The van der Waals surface area contributed by atoms with E-state index in [2.05, 4.69) is 191 Å². The van der Waals surface area contributed by atoms with Gasteiger partial charge in [0.1, 0.15) is 5.82 Å². The van der Waals surface area contributed by atoms with Crippen molar-refractivity contribution in [3.05, 3.63) is 206 Å². The molecule has 0 bridgehead atoms. The van der Waals surface area contributed by atoms with Crippen molar-refractivity contribution in [2.45, 2.75) is 0 Å². The second-order valence-corrected chi connectivity index (χ2v) is 16.8. The van der Waals surface area contributed by atoms with Crippen LogP contribution in [0.15, 0.2) is 206 Å². The molecule has 0 saturated carbocycles. The molecule has 4 nitrogen and oxygen atoms in total. The number of hydrogen-bond donors (Lipinski definition) is 0. The molecule has 0 aliphatic carbocycles. The van der Waals surface area contributed by atoms with Crippen LogP contribution in [0.25, 0.3) is 120 Å². The van der Waals surface area contributed by atoms with Crippen LogP contribution in [0.3, 0.4) is 0 Å². The summed E-state index contributed by atoms with van der Waals surface area (Å²) in [6.45, 7) is 0. The van der Waals surface area contributed by atoms with Crippen molar-refractivity contribution in [1.82, 2.24) is 19.1 Å². The molecule has 0 spiro atoms. The lowest BCUT2D eigenvalue weighted by Crippen LogP contribution is -2.02. The van der Waals surface area contributed by atoms with Gasteiger partial charge in [0.25, 0.3) is 0 Å². The monoisotopic (exact) mass is 794 g/mol. The zero-order valence-corrected chi connectivity index (χ0v) is 33.6. The molecule has 61 heavy (non-hydrogen) atoms. The van der Waals surface area contributed by atoms with Gasteiger partial charge in [-0.3, -0.25) is 4.57 Å². The summed E-state index contributed by atoms with van der Waals surface area (Å²) in [5.41, 5.74) is 12.6. The molecule has 0 N–H and O–H groups in total. The van der Waals surface area contributed by atoms with Crippen molar-refractivity contribution in [2.75, 3.05) is 0 Å². The van der Waals surface area contributed by atoms with Gasteiger partial charge in [0.05, 0.1) is 27.6 Å². The second kappa shape index (κ2) is 13.3. The third-order valence-electron chi connectivity index (χ3n) is 12.3. The van der Waals surface area contributed by atoms with E-state index in [1.165, 1.54) is 80.7 Å². The Morgan fingerprint density at radius 1 is 0.344 bits per heavy atom. The van der Waals surface area contributed by atoms with Crippen LogP contribution in [0, 0.1) is 0 Å². The largest absolute Gasteiger partial charge is 0.309 e. The van der Waals surface area contributed by atoms with Crippen molar-refractivity contribution in [1.29, 1.82) is 0 Å². The number of nitrogens with zero attached hydrogens (tertiary/aromatic N) is 4. The molecule has 284 valence electrons. The summed E-state index contributed by atoms with van der Waals surface area (Å²) >= 11 is 1.87. The van der Waals surface area contributed by atoms with Gasteiger partial charge in [-0.05, 0) is 101 Å². The molecule has 4 heterocycles. The van der Waals surface area contributed by atoms with Gasteiger partial charge in [-0.2, -0.15) is 0 Å². The van der Waals surface area contributed by atoms with E-state index in [0.717, 1.165) is 33.3 Å². The summed E-state index contributed by atoms with van der Waals surface area (Å²) in [5.74, 6) is 1.59. The molecular formula is C56H34N4S. The second-order valence-electron chi connectivity index (χ2n) is 15.8. The van der Waals surface area contributed by atoms with Gasteiger partial charge in [0, 0.05) is 58.4 Å². The lowest BCUT2D eigenvalue weighted by molar-refractivity contribution is 1.08. The highest BCUT2D eigenvalue weighted by Gasteiger charge is 2.20. The van der Waals surface area contributed by atoms with E-state index in [9.17, 15) is 0 Å². The molecule has 0 aliphatic rings. The van der Waals surface area contributed by atoms with Gasteiger partial charge in [0.2, 0.25) is 0 Å². The Labute approximate surface area is 354 Å². The van der Waals surface area contributed by atoms with E-state index >= 15 is 0 Å². The molecule has 0 saturated heterocycles. The molecule has 0 amide bonds. The lowest BCUT2D eigenvalue weighted by Gasteiger charge is -2.13. The average molecular weight is 795 g/mol. The molecule has 4 aromatic heterocycles. The minimum Gasteiger partial charge on any atom is -0.309 e. The number of rotatable bonds is 5. The lowest BCUT2D eigenvalue weighted by atomic mass is 9.96. The minimum absolute atomic E-state index is 0.714. The number of para-hydroxylation sites is 4. The first-order valence-electron chi connectivity index (χ1n) is 20.7. The summed E-state index contributed by atoms with van der Waals surface area (Å²) in [4.78, 5) is 10.3. The van der Waals surface area contributed by atoms with Gasteiger partial charge < -0.3 is 4.57 Å². The van der Waals surface area contributed by atoms with E-state index < -0.39 is 0 Å².